The zero-order chi connectivity index (χ0) is 16.3. The van der Waals surface area contributed by atoms with Gasteiger partial charge >= 0.3 is 6.18 Å². The van der Waals surface area contributed by atoms with E-state index < -0.39 is 11.7 Å². The summed E-state index contributed by atoms with van der Waals surface area (Å²) in [6.07, 6.45) is 1.60. The van der Waals surface area contributed by atoms with Crippen LogP contribution in [0.25, 0.3) is 0 Å². The van der Waals surface area contributed by atoms with Crippen molar-refractivity contribution in [3.63, 3.8) is 0 Å². The molecule has 7 heteroatoms. The highest BCUT2D eigenvalue weighted by Crippen LogP contribution is 2.30. The fourth-order valence-corrected chi connectivity index (χ4v) is 2.59. The SMILES string of the molecule is FC(F)(F)c1ccc(N2CCCC(Oc3cccnc3)C2)nc1. The van der Waals surface area contributed by atoms with Gasteiger partial charge < -0.3 is 9.64 Å². The summed E-state index contributed by atoms with van der Waals surface area (Å²) < 4.78 is 43.6. The van der Waals surface area contributed by atoms with Crippen molar-refractivity contribution >= 4 is 5.82 Å². The zero-order valence-electron chi connectivity index (χ0n) is 12.3. The van der Waals surface area contributed by atoms with Gasteiger partial charge in [-0.2, -0.15) is 13.2 Å². The topological polar surface area (TPSA) is 38.2 Å². The summed E-state index contributed by atoms with van der Waals surface area (Å²) in [7, 11) is 0. The highest BCUT2D eigenvalue weighted by molar-refractivity contribution is 5.40. The van der Waals surface area contributed by atoms with Gasteiger partial charge in [-0.05, 0) is 37.1 Å². The van der Waals surface area contributed by atoms with Gasteiger partial charge in [0.25, 0.3) is 0 Å². The number of alkyl halides is 3. The first kappa shape index (κ1) is 15.6. The molecule has 0 aliphatic carbocycles. The molecule has 0 saturated carbocycles. The lowest BCUT2D eigenvalue weighted by Crippen LogP contribution is -2.41. The van der Waals surface area contributed by atoms with Crippen molar-refractivity contribution < 1.29 is 17.9 Å². The Hall–Kier alpha value is -2.31. The van der Waals surface area contributed by atoms with Crippen LogP contribution in [0.2, 0.25) is 0 Å². The van der Waals surface area contributed by atoms with E-state index in [0.717, 1.165) is 31.6 Å². The Kier molecular flexibility index (Phi) is 4.36. The van der Waals surface area contributed by atoms with Crippen LogP contribution in [0.4, 0.5) is 19.0 Å². The number of piperidine rings is 1. The van der Waals surface area contributed by atoms with Crippen LogP contribution in [0.5, 0.6) is 5.75 Å². The molecule has 0 amide bonds. The van der Waals surface area contributed by atoms with Crippen LogP contribution >= 0.6 is 0 Å². The number of pyridine rings is 2. The van der Waals surface area contributed by atoms with Gasteiger partial charge in [0.1, 0.15) is 17.7 Å². The summed E-state index contributed by atoms with van der Waals surface area (Å²) in [6.45, 7) is 1.35. The molecule has 1 fully saturated rings. The van der Waals surface area contributed by atoms with Crippen LogP contribution in [0.3, 0.4) is 0 Å². The minimum atomic E-state index is -4.36. The van der Waals surface area contributed by atoms with Gasteiger partial charge in [0.2, 0.25) is 0 Å². The fourth-order valence-electron chi connectivity index (χ4n) is 2.59. The molecule has 0 radical (unpaired) electrons. The van der Waals surface area contributed by atoms with Crippen molar-refractivity contribution in [3.05, 3.63) is 48.4 Å². The summed E-state index contributed by atoms with van der Waals surface area (Å²) in [4.78, 5) is 9.90. The highest BCUT2D eigenvalue weighted by atomic mass is 19.4. The second kappa shape index (κ2) is 6.44. The first-order valence-corrected chi connectivity index (χ1v) is 7.37. The molecule has 1 unspecified atom stereocenters. The fraction of sp³-hybridized carbons (Fsp3) is 0.375. The molecule has 0 aromatic carbocycles. The smallest absolute Gasteiger partial charge is 0.417 e. The predicted molar refractivity (Wildman–Crippen MR) is 79.3 cm³/mol. The molecule has 1 aliphatic rings. The molecule has 1 aliphatic heterocycles. The first-order valence-electron chi connectivity index (χ1n) is 7.37. The second-order valence-corrected chi connectivity index (χ2v) is 5.42. The molecule has 2 aromatic rings. The molecule has 122 valence electrons. The maximum atomic E-state index is 12.6. The first-order chi connectivity index (χ1) is 11.0. The van der Waals surface area contributed by atoms with Crippen molar-refractivity contribution in [1.29, 1.82) is 0 Å². The molecular formula is C16H16F3N3O. The lowest BCUT2D eigenvalue weighted by Gasteiger charge is -2.33. The molecule has 1 saturated heterocycles. The van der Waals surface area contributed by atoms with Gasteiger partial charge in [-0.15, -0.1) is 0 Å². The third-order valence-corrected chi connectivity index (χ3v) is 3.71. The quantitative estimate of drug-likeness (QED) is 0.866. The molecule has 23 heavy (non-hydrogen) atoms. The molecule has 0 spiro atoms. The Balaban J connectivity index is 1.66. The maximum Gasteiger partial charge on any atom is 0.417 e. The van der Waals surface area contributed by atoms with Crippen molar-refractivity contribution in [1.82, 2.24) is 9.97 Å². The van der Waals surface area contributed by atoms with Gasteiger partial charge in [-0.3, -0.25) is 4.98 Å². The summed E-state index contributed by atoms with van der Waals surface area (Å²) >= 11 is 0. The monoisotopic (exact) mass is 323 g/mol. The van der Waals surface area contributed by atoms with E-state index >= 15 is 0 Å². The van der Waals surface area contributed by atoms with E-state index in [9.17, 15) is 13.2 Å². The van der Waals surface area contributed by atoms with E-state index in [4.69, 9.17) is 4.74 Å². The van der Waals surface area contributed by atoms with E-state index in [1.54, 1.807) is 18.5 Å². The summed E-state index contributed by atoms with van der Waals surface area (Å²) in [5, 5.41) is 0. The molecule has 4 nitrogen and oxygen atoms in total. The standard InChI is InChI=1S/C16H16F3N3O/c17-16(18,19)12-5-6-15(21-9-12)22-8-2-4-14(11-22)23-13-3-1-7-20-10-13/h1,3,5-7,9-10,14H,2,4,8,11H2. The number of nitrogens with zero attached hydrogens (tertiary/aromatic N) is 3. The molecular weight excluding hydrogens is 307 g/mol. The van der Waals surface area contributed by atoms with Crippen molar-refractivity contribution in [3.8, 4) is 5.75 Å². The van der Waals surface area contributed by atoms with Gasteiger partial charge in [-0.1, -0.05) is 0 Å². The number of ether oxygens (including phenoxy) is 1. The predicted octanol–water partition coefficient (Wildman–Crippen LogP) is 3.54. The molecule has 2 aromatic heterocycles. The molecule has 3 rings (SSSR count). The van der Waals surface area contributed by atoms with E-state index in [0.29, 0.717) is 18.1 Å². The zero-order valence-corrected chi connectivity index (χ0v) is 12.3. The van der Waals surface area contributed by atoms with Gasteiger partial charge in [0.15, 0.2) is 0 Å². The number of halogens is 3. The number of aromatic nitrogens is 2. The van der Waals surface area contributed by atoms with Crippen molar-refractivity contribution in [2.75, 3.05) is 18.0 Å². The number of anilines is 1. The number of hydrogen-bond donors (Lipinski definition) is 0. The van der Waals surface area contributed by atoms with Crippen LogP contribution in [0.1, 0.15) is 18.4 Å². The van der Waals surface area contributed by atoms with Crippen LogP contribution in [0, 0.1) is 0 Å². The second-order valence-electron chi connectivity index (χ2n) is 5.42. The normalized spacial score (nSPS) is 18.7. The maximum absolute atomic E-state index is 12.6. The minimum Gasteiger partial charge on any atom is -0.487 e. The summed E-state index contributed by atoms with van der Waals surface area (Å²) in [6, 6.07) is 6.11. The highest BCUT2D eigenvalue weighted by Gasteiger charge is 2.31. The Morgan fingerprint density at radius 3 is 2.70 bits per heavy atom. The van der Waals surface area contributed by atoms with E-state index in [1.165, 1.54) is 6.07 Å². The van der Waals surface area contributed by atoms with Crippen LogP contribution < -0.4 is 9.64 Å². The van der Waals surface area contributed by atoms with Gasteiger partial charge in [0.05, 0.1) is 18.3 Å². The summed E-state index contributed by atoms with van der Waals surface area (Å²) in [5.41, 5.74) is -0.735. The Morgan fingerprint density at radius 1 is 1.17 bits per heavy atom. The lowest BCUT2D eigenvalue weighted by molar-refractivity contribution is -0.137. The average molecular weight is 323 g/mol. The molecule has 0 N–H and O–H groups in total. The van der Waals surface area contributed by atoms with Crippen molar-refractivity contribution in [2.45, 2.75) is 25.1 Å². The molecule has 0 bridgehead atoms. The molecule has 1 atom stereocenters. The van der Waals surface area contributed by atoms with E-state index in [1.807, 2.05) is 11.0 Å². The Labute approximate surface area is 131 Å². The van der Waals surface area contributed by atoms with Crippen LogP contribution in [-0.4, -0.2) is 29.2 Å². The van der Waals surface area contributed by atoms with Crippen LogP contribution in [0.15, 0.2) is 42.9 Å². The average Bonchev–Trinajstić information content (AvgIpc) is 2.55. The van der Waals surface area contributed by atoms with E-state index in [2.05, 4.69) is 9.97 Å². The van der Waals surface area contributed by atoms with Gasteiger partial charge in [-0.25, -0.2) is 4.98 Å². The number of rotatable bonds is 3. The lowest BCUT2D eigenvalue weighted by atomic mass is 10.1. The third kappa shape index (κ3) is 3.91. The van der Waals surface area contributed by atoms with Crippen molar-refractivity contribution in [2.24, 2.45) is 0 Å². The van der Waals surface area contributed by atoms with Crippen LogP contribution in [-0.2, 0) is 6.18 Å². The minimum absolute atomic E-state index is 0.0305. The van der Waals surface area contributed by atoms with Gasteiger partial charge in [0, 0.05) is 18.9 Å². The largest absolute Gasteiger partial charge is 0.487 e. The Morgan fingerprint density at radius 2 is 2.04 bits per heavy atom. The molecule has 3 heterocycles. The summed E-state index contributed by atoms with van der Waals surface area (Å²) in [5.74, 6) is 1.23. The van der Waals surface area contributed by atoms with E-state index in [-0.39, 0.29) is 6.10 Å². The Bertz CT molecular complexity index is 631. The third-order valence-electron chi connectivity index (χ3n) is 3.71. The number of hydrogen-bond acceptors (Lipinski definition) is 4.